The predicted octanol–water partition coefficient (Wildman–Crippen LogP) is 2.89. The van der Waals surface area contributed by atoms with Crippen molar-refractivity contribution in [3.8, 4) is 0 Å². The molecule has 3 rings (SSSR count). The second kappa shape index (κ2) is 5.59. The third-order valence-electron chi connectivity index (χ3n) is 4.38. The molecule has 0 bridgehead atoms. The number of carbonyl (C=O) groups is 1. The van der Waals surface area contributed by atoms with Crippen LogP contribution in [0.2, 0.25) is 0 Å². The van der Waals surface area contributed by atoms with Crippen LogP contribution in [-0.4, -0.2) is 17.0 Å². The Hall–Kier alpha value is -2.10. The molecule has 0 aliphatic carbocycles. The maximum Gasteiger partial charge on any atom is 0.256 e. The van der Waals surface area contributed by atoms with Crippen molar-refractivity contribution in [3.05, 3.63) is 45.7 Å². The van der Waals surface area contributed by atoms with Crippen molar-refractivity contribution in [2.45, 2.75) is 39.7 Å². The quantitative estimate of drug-likeness (QED) is 0.943. The minimum Gasteiger partial charge on any atom is -0.352 e. The van der Waals surface area contributed by atoms with Gasteiger partial charge in [-0.1, -0.05) is 26.0 Å². The van der Waals surface area contributed by atoms with E-state index in [4.69, 9.17) is 0 Å². The van der Waals surface area contributed by atoms with E-state index in [2.05, 4.69) is 36.7 Å². The summed E-state index contributed by atoms with van der Waals surface area (Å²) in [7, 11) is 0. The highest BCUT2D eigenvalue weighted by atomic mass is 16.2. The molecule has 4 nitrogen and oxygen atoms in total. The standard InChI is InChI=1S/C18H22N2O2/c1-11(2)7-8-19-18(22)15-10-20-12(3)9-13-5-4-6-14(16(13)20)17(15)21/h4-6,10-12H,7-9H2,1-3H3,(H,19,22). The van der Waals surface area contributed by atoms with Gasteiger partial charge in [0.05, 0.1) is 5.52 Å². The van der Waals surface area contributed by atoms with Crippen LogP contribution < -0.4 is 10.7 Å². The summed E-state index contributed by atoms with van der Waals surface area (Å²) in [5.41, 5.74) is 2.26. The van der Waals surface area contributed by atoms with Crippen molar-refractivity contribution in [2.75, 3.05) is 6.54 Å². The molecule has 4 heteroatoms. The average molecular weight is 298 g/mol. The number of pyridine rings is 1. The van der Waals surface area contributed by atoms with E-state index in [0.29, 0.717) is 17.8 Å². The summed E-state index contributed by atoms with van der Waals surface area (Å²) in [5.74, 6) is 0.263. The Labute approximate surface area is 130 Å². The number of aromatic nitrogens is 1. The van der Waals surface area contributed by atoms with Crippen LogP contribution in [0.1, 0.15) is 49.2 Å². The van der Waals surface area contributed by atoms with Crippen LogP contribution in [0.5, 0.6) is 0 Å². The molecule has 1 atom stereocenters. The van der Waals surface area contributed by atoms with Gasteiger partial charge in [-0.15, -0.1) is 0 Å². The van der Waals surface area contributed by atoms with Gasteiger partial charge in [0, 0.05) is 24.2 Å². The lowest BCUT2D eigenvalue weighted by Gasteiger charge is -2.13. The number of hydrogen-bond acceptors (Lipinski definition) is 2. The normalized spacial score (nSPS) is 16.5. The van der Waals surface area contributed by atoms with E-state index in [1.165, 1.54) is 5.56 Å². The van der Waals surface area contributed by atoms with Crippen molar-refractivity contribution in [1.82, 2.24) is 9.88 Å². The Bertz CT molecular complexity index is 790. The van der Waals surface area contributed by atoms with Gasteiger partial charge in [-0.25, -0.2) is 0 Å². The summed E-state index contributed by atoms with van der Waals surface area (Å²) in [5, 5.41) is 3.52. The number of amides is 1. The van der Waals surface area contributed by atoms with E-state index in [1.807, 2.05) is 12.1 Å². The Kier molecular flexibility index (Phi) is 3.77. The lowest BCUT2D eigenvalue weighted by atomic mass is 10.1. The molecule has 2 aromatic rings. The molecule has 0 saturated carbocycles. The summed E-state index contributed by atoms with van der Waals surface area (Å²) in [6.07, 6.45) is 3.56. The van der Waals surface area contributed by atoms with Crippen LogP contribution in [0.4, 0.5) is 0 Å². The number of carbonyl (C=O) groups excluding carboxylic acids is 1. The average Bonchev–Trinajstić information content (AvgIpc) is 2.79. The number of hydrogen-bond donors (Lipinski definition) is 1. The minimum atomic E-state index is -0.263. The second-order valence-electron chi connectivity index (χ2n) is 6.58. The van der Waals surface area contributed by atoms with Crippen molar-refractivity contribution in [1.29, 1.82) is 0 Å². The molecule has 1 aromatic heterocycles. The van der Waals surface area contributed by atoms with Gasteiger partial charge in [0.2, 0.25) is 5.43 Å². The fourth-order valence-electron chi connectivity index (χ4n) is 3.15. The number of nitrogens with zero attached hydrogens (tertiary/aromatic N) is 1. The Balaban J connectivity index is 2.01. The first-order valence-electron chi connectivity index (χ1n) is 7.94. The third kappa shape index (κ3) is 2.43. The minimum absolute atomic E-state index is 0.163. The summed E-state index contributed by atoms with van der Waals surface area (Å²) in [6, 6.07) is 6.06. The van der Waals surface area contributed by atoms with E-state index in [1.54, 1.807) is 6.20 Å². The Morgan fingerprint density at radius 2 is 2.18 bits per heavy atom. The van der Waals surface area contributed by atoms with Crippen LogP contribution in [0.15, 0.2) is 29.2 Å². The fourth-order valence-corrected chi connectivity index (χ4v) is 3.15. The molecule has 0 spiro atoms. The van der Waals surface area contributed by atoms with Gasteiger partial charge in [-0.3, -0.25) is 9.59 Å². The molecule has 1 aromatic carbocycles. The van der Waals surface area contributed by atoms with Crippen molar-refractivity contribution >= 4 is 16.8 Å². The highest BCUT2D eigenvalue weighted by Crippen LogP contribution is 2.30. The lowest BCUT2D eigenvalue weighted by molar-refractivity contribution is 0.0950. The van der Waals surface area contributed by atoms with Crippen LogP contribution >= 0.6 is 0 Å². The summed E-state index contributed by atoms with van der Waals surface area (Å²) in [6.45, 7) is 6.94. The number of benzene rings is 1. The van der Waals surface area contributed by atoms with Crippen LogP contribution in [0.25, 0.3) is 10.9 Å². The van der Waals surface area contributed by atoms with E-state index in [0.717, 1.165) is 18.4 Å². The first kappa shape index (κ1) is 14.8. The monoisotopic (exact) mass is 298 g/mol. The first-order chi connectivity index (χ1) is 10.5. The number of nitrogens with one attached hydrogen (secondary N) is 1. The molecule has 1 unspecified atom stereocenters. The number of para-hydroxylation sites is 1. The van der Waals surface area contributed by atoms with Crippen LogP contribution in [0.3, 0.4) is 0 Å². The van der Waals surface area contributed by atoms with Gasteiger partial charge in [-0.05, 0) is 37.3 Å². The van der Waals surface area contributed by atoms with E-state index >= 15 is 0 Å². The first-order valence-corrected chi connectivity index (χ1v) is 7.94. The van der Waals surface area contributed by atoms with Gasteiger partial charge in [0.25, 0.3) is 5.91 Å². The maximum atomic E-state index is 12.6. The second-order valence-corrected chi connectivity index (χ2v) is 6.58. The van der Waals surface area contributed by atoms with E-state index in [9.17, 15) is 9.59 Å². The van der Waals surface area contributed by atoms with Gasteiger partial charge in [0.15, 0.2) is 0 Å². The number of rotatable bonds is 4. The van der Waals surface area contributed by atoms with Gasteiger partial charge < -0.3 is 9.88 Å². The van der Waals surface area contributed by atoms with Gasteiger partial charge >= 0.3 is 0 Å². The lowest BCUT2D eigenvalue weighted by Crippen LogP contribution is -2.31. The summed E-state index contributed by atoms with van der Waals surface area (Å²) < 4.78 is 2.07. The molecule has 0 radical (unpaired) electrons. The van der Waals surface area contributed by atoms with Gasteiger partial charge in [0.1, 0.15) is 5.56 Å². The molecule has 0 fully saturated rings. The molecule has 116 valence electrons. The maximum absolute atomic E-state index is 12.6. The topological polar surface area (TPSA) is 51.1 Å². The largest absolute Gasteiger partial charge is 0.352 e. The van der Waals surface area contributed by atoms with Crippen molar-refractivity contribution in [2.24, 2.45) is 5.92 Å². The molecule has 1 amide bonds. The molecule has 1 N–H and O–H groups in total. The molecular weight excluding hydrogens is 276 g/mol. The predicted molar refractivity (Wildman–Crippen MR) is 88.4 cm³/mol. The summed E-state index contributed by atoms with van der Waals surface area (Å²) in [4.78, 5) is 25.0. The zero-order valence-electron chi connectivity index (χ0n) is 13.3. The molecule has 22 heavy (non-hydrogen) atoms. The van der Waals surface area contributed by atoms with Crippen molar-refractivity contribution in [3.63, 3.8) is 0 Å². The molecule has 0 saturated heterocycles. The Morgan fingerprint density at radius 1 is 1.41 bits per heavy atom. The van der Waals surface area contributed by atoms with E-state index < -0.39 is 0 Å². The molecule has 1 aliphatic rings. The van der Waals surface area contributed by atoms with Crippen molar-refractivity contribution < 1.29 is 4.79 Å². The Morgan fingerprint density at radius 3 is 2.91 bits per heavy atom. The molecule has 1 aliphatic heterocycles. The van der Waals surface area contributed by atoms with Crippen LogP contribution in [-0.2, 0) is 6.42 Å². The zero-order chi connectivity index (χ0) is 15.9. The molecule has 2 heterocycles. The highest BCUT2D eigenvalue weighted by molar-refractivity contribution is 5.98. The van der Waals surface area contributed by atoms with Gasteiger partial charge in [-0.2, -0.15) is 0 Å². The fraction of sp³-hybridized carbons (Fsp3) is 0.444. The summed E-state index contributed by atoms with van der Waals surface area (Å²) >= 11 is 0. The zero-order valence-corrected chi connectivity index (χ0v) is 13.3. The smallest absolute Gasteiger partial charge is 0.256 e. The molecular formula is C18H22N2O2. The van der Waals surface area contributed by atoms with E-state index in [-0.39, 0.29) is 22.9 Å². The third-order valence-corrected chi connectivity index (χ3v) is 4.38. The SMILES string of the molecule is CC(C)CCNC(=O)c1cn2c3c(cccc3c1=O)CC2C. The van der Waals surface area contributed by atoms with Crippen LogP contribution in [0, 0.1) is 5.92 Å². The highest BCUT2D eigenvalue weighted by Gasteiger charge is 2.24.